The lowest BCUT2D eigenvalue weighted by atomic mass is 9.72. The Balaban J connectivity index is 1.82. The maximum Gasteiger partial charge on any atom is 0.339 e. The molecule has 8 heteroatoms. The molecule has 5 rings (SSSR count). The number of aliphatic imine (C=N–C) groups is 1. The molecule has 0 radical (unpaired) electrons. The van der Waals surface area contributed by atoms with Gasteiger partial charge in [0.1, 0.15) is 0 Å². The van der Waals surface area contributed by atoms with Crippen LogP contribution >= 0.6 is 15.9 Å². The average molecular weight is 523 g/mol. The summed E-state index contributed by atoms with van der Waals surface area (Å²) in [5, 5.41) is 0. The molecule has 3 aromatic carbocycles. The molecule has 2 atom stereocenters. The Kier molecular flexibility index (Phi) is 5.22. The lowest BCUT2D eigenvalue weighted by Crippen LogP contribution is -2.39. The van der Waals surface area contributed by atoms with Crippen LogP contribution in [0.5, 0.6) is 0 Å². The van der Waals surface area contributed by atoms with Crippen molar-refractivity contribution in [3.8, 4) is 0 Å². The number of nitrogens with one attached hydrogen (secondary N) is 1. The fourth-order valence-corrected chi connectivity index (χ4v) is 6.16. The number of methoxy groups -OCH3 is 1. The lowest BCUT2D eigenvalue weighted by molar-refractivity contribution is -0.147. The first-order valence-electron chi connectivity index (χ1n) is 10.2. The summed E-state index contributed by atoms with van der Waals surface area (Å²) < 4.78 is 34.5. The number of ether oxygens (including phenoxy) is 1. The van der Waals surface area contributed by atoms with Gasteiger partial charge in [-0.25, -0.2) is 13.2 Å². The van der Waals surface area contributed by atoms with Gasteiger partial charge in [-0.3, -0.25) is 9.71 Å². The zero-order chi connectivity index (χ0) is 23.2. The second kappa shape index (κ2) is 7.97. The van der Waals surface area contributed by atoms with Crippen molar-refractivity contribution in [2.75, 3.05) is 7.11 Å². The largest absolute Gasteiger partial charge is 0.467 e. The summed E-state index contributed by atoms with van der Waals surface area (Å²) in [5.74, 6) is -1.14. The number of hydrogen-bond donors (Lipinski definition) is 1. The first-order chi connectivity index (χ1) is 15.9. The summed E-state index contributed by atoms with van der Waals surface area (Å²) in [5.41, 5.74) is 1.62. The molecule has 1 N–H and O–H groups in total. The normalized spacial score (nSPS) is 24.8. The molecule has 0 unspecified atom stereocenters. The van der Waals surface area contributed by atoms with E-state index in [9.17, 15) is 13.2 Å². The number of nitrogens with zero attached hydrogens (tertiary/aromatic N) is 1. The standard InChI is InChI=1S/C25H19BrN2O4S/c1-32-24(29)25(17-11-13-18(26)14-12-17)22(16-7-3-2-4-8-16)20(15-27-25)23-19-9-5-6-10-21(19)33(30,31)28-23/h2-15,22,28H,1H3/b23-20-/t22-,25-/m0/s1. The van der Waals surface area contributed by atoms with Gasteiger partial charge in [0.15, 0.2) is 5.54 Å². The predicted molar refractivity (Wildman–Crippen MR) is 129 cm³/mol. The summed E-state index contributed by atoms with van der Waals surface area (Å²) in [4.78, 5) is 18.4. The van der Waals surface area contributed by atoms with Gasteiger partial charge in [0.25, 0.3) is 10.0 Å². The highest BCUT2D eigenvalue weighted by Gasteiger charge is 2.54. The summed E-state index contributed by atoms with van der Waals surface area (Å²) in [6, 6.07) is 23.6. The number of fused-ring (bicyclic) bond motifs is 1. The Morgan fingerprint density at radius 3 is 2.36 bits per heavy atom. The molecule has 2 aliphatic heterocycles. The van der Waals surface area contributed by atoms with Crippen molar-refractivity contribution < 1.29 is 17.9 Å². The molecule has 0 spiro atoms. The van der Waals surface area contributed by atoms with E-state index < -0.39 is 27.4 Å². The average Bonchev–Trinajstić information content (AvgIpc) is 3.36. The first kappa shape index (κ1) is 21.6. The fraction of sp³-hybridized carbons (Fsp3) is 0.120. The Hall–Kier alpha value is -3.23. The number of rotatable bonds is 3. The highest BCUT2D eigenvalue weighted by molar-refractivity contribution is 9.10. The van der Waals surface area contributed by atoms with Crippen LogP contribution in [0.1, 0.15) is 22.6 Å². The van der Waals surface area contributed by atoms with Crippen molar-refractivity contribution >= 4 is 43.8 Å². The van der Waals surface area contributed by atoms with Crippen LogP contribution in [0.3, 0.4) is 0 Å². The van der Waals surface area contributed by atoms with E-state index in [2.05, 4.69) is 20.7 Å². The monoisotopic (exact) mass is 522 g/mol. The van der Waals surface area contributed by atoms with Gasteiger partial charge in [-0.05, 0) is 29.3 Å². The maximum absolute atomic E-state index is 13.4. The van der Waals surface area contributed by atoms with Gasteiger partial charge in [-0.15, -0.1) is 0 Å². The minimum absolute atomic E-state index is 0.201. The van der Waals surface area contributed by atoms with Crippen LogP contribution in [0.4, 0.5) is 0 Å². The van der Waals surface area contributed by atoms with Crippen LogP contribution in [0.25, 0.3) is 5.70 Å². The van der Waals surface area contributed by atoms with Crippen molar-refractivity contribution in [3.05, 3.63) is 106 Å². The van der Waals surface area contributed by atoms with E-state index in [0.717, 1.165) is 10.0 Å². The molecule has 0 saturated carbocycles. The molecule has 3 aromatic rings. The Bertz CT molecular complexity index is 1420. The predicted octanol–water partition coefficient (Wildman–Crippen LogP) is 4.39. The smallest absolute Gasteiger partial charge is 0.339 e. The fourth-order valence-electron chi connectivity index (χ4n) is 4.58. The summed E-state index contributed by atoms with van der Waals surface area (Å²) in [6.07, 6.45) is 1.59. The highest BCUT2D eigenvalue weighted by Crippen LogP contribution is 2.51. The second-order valence-corrected chi connectivity index (χ2v) is 10.4. The molecule has 0 bridgehead atoms. The molecular weight excluding hydrogens is 504 g/mol. The van der Waals surface area contributed by atoms with Gasteiger partial charge in [0.05, 0.1) is 23.6 Å². The van der Waals surface area contributed by atoms with E-state index in [1.165, 1.54) is 7.11 Å². The van der Waals surface area contributed by atoms with Gasteiger partial charge in [-0.1, -0.05) is 76.6 Å². The topological polar surface area (TPSA) is 84.8 Å². The summed E-state index contributed by atoms with van der Waals surface area (Å²) in [7, 11) is -2.39. The third-order valence-corrected chi connectivity index (χ3v) is 7.96. The summed E-state index contributed by atoms with van der Waals surface area (Å²) >= 11 is 3.44. The first-order valence-corrected chi connectivity index (χ1v) is 12.5. The highest BCUT2D eigenvalue weighted by atomic mass is 79.9. The molecule has 2 aliphatic rings. The van der Waals surface area contributed by atoms with Crippen LogP contribution in [0.2, 0.25) is 0 Å². The molecule has 0 amide bonds. The Morgan fingerprint density at radius 1 is 1.00 bits per heavy atom. The van der Waals surface area contributed by atoms with Gasteiger partial charge in [0.2, 0.25) is 0 Å². The third-order valence-electron chi connectivity index (χ3n) is 6.02. The molecular formula is C25H19BrN2O4S. The molecule has 0 aliphatic carbocycles. The zero-order valence-electron chi connectivity index (χ0n) is 17.5. The number of esters is 1. The minimum Gasteiger partial charge on any atom is -0.467 e. The number of hydrogen-bond acceptors (Lipinski definition) is 5. The number of carbonyl (C=O) groups is 1. The summed E-state index contributed by atoms with van der Waals surface area (Å²) in [6.45, 7) is 0. The molecule has 6 nitrogen and oxygen atoms in total. The second-order valence-electron chi connectivity index (χ2n) is 7.80. The van der Waals surface area contributed by atoms with Crippen LogP contribution in [-0.2, 0) is 25.1 Å². The van der Waals surface area contributed by atoms with Crippen LogP contribution < -0.4 is 4.72 Å². The van der Waals surface area contributed by atoms with Gasteiger partial charge >= 0.3 is 5.97 Å². The molecule has 0 aromatic heterocycles. The van der Waals surface area contributed by atoms with Crippen molar-refractivity contribution in [2.45, 2.75) is 16.4 Å². The zero-order valence-corrected chi connectivity index (χ0v) is 19.9. The van der Waals surface area contributed by atoms with Crippen molar-refractivity contribution in [2.24, 2.45) is 4.99 Å². The Morgan fingerprint density at radius 2 is 1.67 bits per heavy atom. The minimum atomic E-state index is -3.72. The number of carbonyl (C=O) groups excluding carboxylic acids is 1. The molecule has 0 saturated heterocycles. The van der Waals surface area contributed by atoms with Crippen LogP contribution in [-0.4, -0.2) is 27.7 Å². The maximum atomic E-state index is 13.4. The number of sulfonamides is 1. The van der Waals surface area contributed by atoms with E-state index in [1.807, 2.05) is 54.6 Å². The quantitative estimate of drug-likeness (QED) is 0.517. The van der Waals surface area contributed by atoms with Gasteiger partial charge < -0.3 is 4.74 Å². The third kappa shape index (κ3) is 3.32. The van der Waals surface area contributed by atoms with Crippen LogP contribution in [0.15, 0.2) is 98.8 Å². The van der Waals surface area contributed by atoms with E-state index in [4.69, 9.17) is 9.73 Å². The van der Waals surface area contributed by atoms with E-state index in [-0.39, 0.29) is 4.90 Å². The van der Waals surface area contributed by atoms with Crippen molar-refractivity contribution in [1.82, 2.24) is 4.72 Å². The van der Waals surface area contributed by atoms with E-state index in [1.54, 1.807) is 30.5 Å². The van der Waals surface area contributed by atoms with Crippen molar-refractivity contribution in [1.29, 1.82) is 0 Å². The SMILES string of the molecule is COC(=O)[C@@]1(c2ccc(Br)cc2)N=C/C(=C2/NS(=O)(=O)c3ccccc32)[C@@H]1c1ccccc1. The molecule has 0 fully saturated rings. The van der Waals surface area contributed by atoms with Crippen LogP contribution in [0, 0.1) is 0 Å². The van der Waals surface area contributed by atoms with Crippen molar-refractivity contribution in [3.63, 3.8) is 0 Å². The lowest BCUT2D eigenvalue weighted by Gasteiger charge is -2.32. The van der Waals surface area contributed by atoms with Gasteiger partial charge in [0, 0.05) is 21.8 Å². The van der Waals surface area contributed by atoms with E-state index in [0.29, 0.717) is 22.4 Å². The molecule has 33 heavy (non-hydrogen) atoms. The van der Waals surface area contributed by atoms with E-state index >= 15 is 0 Å². The van der Waals surface area contributed by atoms with Gasteiger partial charge in [-0.2, -0.15) is 0 Å². The molecule has 2 heterocycles. The Labute approximate surface area is 200 Å². The number of benzene rings is 3. The molecule has 166 valence electrons. The number of halogens is 1.